The molecule has 0 unspecified atom stereocenters. The van der Waals surface area contributed by atoms with Gasteiger partial charge in [-0.15, -0.1) is 24.8 Å². The number of rotatable bonds is 9. The molecule has 4 aromatic rings. The van der Waals surface area contributed by atoms with Crippen molar-refractivity contribution < 1.29 is 27.8 Å². The average molecular weight is 672 g/mol. The molecule has 0 bridgehead atoms. The van der Waals surface area contributed by atoms with Gasteiger partial charge in [0.05, 0.1) is 0 Å². The molecule has 242 valence electrons. The molecule has 46 heavy (non-hydrogen) atoms. The molecule has 12 heteroatoms. The fourth-order valence-electron chi connectivity index (χ4n) is 5.46. The zero-order chi connectivity index (χ0) is 30.6. The fourth-order valence-corrected chi connectivity index (χ4v) is 5.46. The summed E-state index contributed by atoms with van der Waals surface area (Å²) in [4.78, 5) is 25.4. The number of anilines is 1. The van der Waals surface area contributed by atoms with E-state index in [-0.39, 0.29) is 37.0 Å². The van der Waals surface area contributed by atoms with Crippen LogP contribution in [0.4, 0.5) is 14.5 Å². The molecule has 2 aliphatic rings. The summed E-state index contributed by atoms with van der Waals surface area (Å²) in [6.07, 6.45) is 1.58. The lowest BCUT2D eigenvalue weighted by atomic mass is 10.00. The highest BCUT2D eigenvalue weighted by Crippen LogP contribution is 2.36. The molecular formula is C34H34Cl2F2N4O4. The Balaban J connectivity index is 0.00000240. The Labute approximate surface area is 277 Å². The van der Waals surface area contributed by atoms with Crippen LogP contribution in [0.5, 0.6) is 11.5 Å². The molecule has 6 rings (SSSR count). The van der Waals surface area contributed by atoms with E-state index in [4.69, 9.17) is 15.2 Å². The largest absolute Gasteiger partial charge is 0.488 e. The number of ether oxygens (including phenoxy) is 2. The molecule has 2 fully saturated rings. The predicted octanol–water partition coefficient (Wildman–Crippen LogP) is 5.98. The van der Waals surface area contributed by atoms with E-state index < -0.39 is 23.4 Å². The van der Waals surface area contributed by atoms with Crippen LogP contribution in [0.1, 0.15) is 33.6 Å². The lowest BCUT2D eigenvalue weighted by molar-refractivity contribution is 0.0997. The van der Waals surface area contributed by atoms with Gasteiger partial charge in [0.15, 0.2) is 11.6 Å². The number of primary amides is 1. The minimum absolute atomic E-state index is 0. The molecule has 0 radical (unpaired) electrons. The van der Waals surface area contributed by atoms with Crippen LogP contribution < -0.4 is 31.2 Å². The summed E-state index contributed by atoms with van der Waals surface area (Å²) in [6, 6.07) is 20.8. The van der Waals surface area contributed by atoms with Crippen molar-refractivity contribution in [1.82, 2.24) is 10.6 Å². The third kappa shape index (κ3) is 7.94. The van der Waals surface area contributed by atoms with Gasteiger partial charge in [-0.25, -0.2) is 8.78 Å². The number of amides is 2. The van der Waals surface area contributed by atoms with Gasteiger partial charge in [0.25, 0.3) is 5.91 Å². The van der Waals surface area contributed by atoms with Crippen molar-refractivity contribution in [3.05, 3.63) is 102 Å². The second kappa shape index (κ2) is 15.4. The molecule has 5 N–H and O–H groups in total. The summed E-state index contributed by atoms with van der Waals surface area (Å²) in [6.45, 7) is 3.07. The van der Waals surface area contributed by atoms with Gasteiger partial charge >= 0.3 is 0 Å². The van der Waals surface area contributed by atoms with Crippen LogP contribution in [-0.2, 0) is 0 Å². The molecule has 0 aliphatic carbocycles. The standard InChI is InChI=1S/C34H32F2N4O4.2ClH/c35-29-7-4-21(16-30(29)36)27-15-23(5-8-31(27)43-25-10-12-38-18-25)34(42)40-24-6-9-32(44-26-11-13-39-19-26)28(17-24)20-2-1-3-22(14-20)33(37)41;;/h1-9,14-17,25-26,38-39H,10-13,18-19H2,(H2,37,41)(H,40,42);2*1H/t25-,26-;;/m0../s1. The third-order valence-corrected chi connectivity index (χ3v) is 7.79. The molecule has 2 aliphatic heterocycles. The molecule has 2 heterocycles. The highest BCUT2D eigenvalue weighted by atomic mass is 35.5. The van der Waals surface area contributed by atoms with Gasteiger partial charge in [-0.3, -0.25) is 9.59 Å². The number of carbonyl (C=O) groups is 2. The van der Waals surface area contributed by atoms with Crippen molar-refractivity contribution in [1.29, 1.82) is 0 Å². The van der Waals surface area contributed by atoms with Gasteiger partial charge in [-0.2, -0.15) is 0 Å². The zero-order valence-electron chi connectivity index (χ0n) is 24.7. The number of hydrogen-bond acceptors (Lipinski definition) is 6. The number of carbonyl (C=O) groups excluding carboxylic acids is 2. The maximum Gasteiger partial charge on any atom is 0.255 e. The molecular weight excluding hydrogens is 637 g/mol. The molecule has 8 nitrogen and oxygen atoms in total. The SMILES string of the molecule is Cl.Cl.NC(=O)c1cccc(-c2cc(NC(=O)c3ccc(O[C@H]4CCNC4)c(-c4ccc(F)c(F)c4)c3)ccc2O[C@H]2CCNC2)c1. The minimum atomic E-state index is -0.991. The molecule has 2 saturated heterocycles. The number of nitrogens with two attached hydrogens (primary N) is 1. The van der Waals surface area contributed by atoms with E-state index in [9.17, 15) is 18.4 Å². The first-order valence-corrected chi connectivity index (χ1v) is 14.5. The topological polar surface area (TPSA) is 115 Å². The molecule has 0 spiro atoms. The van der Waals surface area contributed by atoms with Crippen LogP contribution >= 0.6 is 24.8 Å². The number of hydrogen-bond donors (Lipinski definition) is 4. The third-order valence-electron chi connectivity index (χ3n) is 7.79. The van der Waals surface area contributed by atoms with Crippen molar-refractivity contribution in [2.24, 2.45) is 5.73 Å². The van der Waals surface area contributed by atoms with E-state index >= 15 is 0 Å². The maximum absolute atomic E-state index is 14.2. The van der Waals surface area contributed by atoms with Crippen LogP contribution in [0.2, 0.25) is 0 Å². The van der Waals surface area contributed by atoms with Gasteiger partial charge in [0.2, 0.25) is 5.91 Å². The van der Waals surface area contributed by atoms with Crippen molar-refractivity contribution in [3.63, 3.8) is 0 Å². The van der Waals surface area contributed by atoms with E-state index in [0.717, 1.165) is 44.6 Å². The summed E-state index contributed by atoms with van der Waals surface area (Å²) < 4.78 is 40.4. The van der Waals surface area contributed by atoms with Gasteiger partial charge < -0.3 is 31.2 Å². The molecule has 2 amide bonds. The second-order valence-electron chi connectivity index (χ2n) is 10.9. The van der Waals surface area contributed by atoms with Crippen molar-refractivity contribution >= 4 is 42.3 Å². The average Bonchev–Trinajstić information content (AvgIpc) is 3.74. The summed E-state index contributed by atoms with van der Waals surface area (Å²) in [5.41, 5.74) is 8.94. The number of benzene rings is 4. The first-order valence-electron chi connectivity index (χ1n) is 14.5. The lowest BCUT2D eigenvalue weighted by Crippen LogP contribution is -2.20. The maximum atomic E-state index is 14.2. The van der Waals surface area contributed by atoms with Crippen LogP contribution in [0.25, 0.3) is 22.3 Å². The number of halogens is 4. The van der Waals surface area contributed by atoms with E-state index in [1.165, 1.54) is 6.07 Å². The smallest absolute Gasteiger partial charge is 0.255 e. The lowest BCUT2D eigenvalue weighted by Gasteiger charge is -2.19. The Hall–Kier alpha value is -4.22. The van der Waals surface area contributed by atoms with E-state index in [0.29, 0.717) is 57.1 Å². The van der Waals surface area contributed by atoms with E-state index in [1.807, 2.05) is 6.07 Å². The van der Waals surface area contributed by atoms with Crippen LogP contribution in [0, 0.1) is 11.6 Å². The van der Waals surface area contributed by atoms with Gasteiger partial charge in [-0.05, 0) is 97.7 Å². The summed E-state index contributed by atoms with van der Waals surface area (Å²) >= 11 is 0. The Morgan fingerprint density at radius 3 is 1.96 bits per heavy atom. The first kappa shape index (κ1) is 34.6. The van der Waals surface area contributed by atoms with Gasteiger partial charge in [-0.1, -0.05) is 18.2 Å². The van der Waals surface area contributed by atoms with Crippen molar-refractivity contribution in [3.8, 4) is 33.8 Å². The van der Waals surface area contributed by atoms with Gasteiger partial charge in [0, 0.05) is 41.0 Å². The summed E-state index contributed by atoms with van der Waals surface area (Å²) in [5.74, 6) is -1.82. The Morgan fingerprint density at radius 1 is 0.717 bits per heavy atom. The van der Waals surface area contributed by atoms with Crippen LogP contribution in [-0.4, -0.2) is 50.2 Å². The monoisotopic (exact) mass is 670 g/mol. The van der Waals surface area contributed by atoms with Crippen LogP contribution in [0.15, 0.2) is 78.9 Å². The minimum Gasteiger partial charge on any atom is -0.488 e. The molecule has 0 aromatic heterocycles. The first-order chi connectivity index (χ1) is 21.3. The van der Waals surface area contributed by atoms with E-state index in [2.05, 4.69) is 16.0 Å². The summed E-state index contributed by atoms with van der Waals surface area (Å²) in [7, 11) is 0. The Bertz CT molecular complexity index is 1710. The number of nitrogens with one attached hydrogen (secondary N) is 3. The quantitative estimate of drug-likeness (QED) is 0.174. The summed E-state index contributed by atoms with van der Waals surface area (Å²) in [5, 5.41) is 9.46. The second-order valence-corrected chi connectivity index (χ2v) is 10.9. The van der Waals surface area contributed by atoms with Crippen molar-refractivity contribution in [2.75, 3.05) is 31.5 Å². The predicted molar refractivity (Wildman–Crippen MR) is 178 cm³/mol. The Morgan fingerprint density at radius 2 is 1.35 bits per heavy atom. The zero-order valence-corrected chi connectivity index (χ0v) is 26.3. The normalized spacial score (nSPS) is 17.0. The van der Waals surface area contributed by atoms with Crippen LogP contribution in [0.3, 0.4) is 0 Å². The molecule has 0 saturated carbocycles. The highest BCUT2D eigenvalue weighted by molar-refractivity contribution is 6.05. The molecule has 4 aromatic carbocycles. The Kier molecular flexibility index (Phi) is 11.6. The highest BCUT2D eigenvalue weighted by Gasteiger charge is 2.22. The van der Waals surface area contributed by atoms with Gasteiger partial charge in [0.1, 0.15) is 23.7 Å². The van der Waals surface area contributed by atoms with Crippen molar-refractivity contribution in [2.45, 2.75) is 25.0 Å². The molecule has 2 atom stereocenters. The fraction of sp³-hybridized carbons (Fsp3) is 0.235. The van der Waals surface area contributed by atoms with E-state index in [1.54, 1.807) is 54.6 Å².